The summed E-state index contributed by atoms with van der Waals surface area (Å²) < 4.78 is 0. The zero-order valence-electron chi connectivity index (χ0n) is 9.14. The molecule has 84 valence electrons. The Balaban J connectivity index is 2.67. The van der Waals surface area contributed by atoms with E-state index < -0.39 is 0 Å². The molecule has 1 aromatic rings. The highest BCUT2D eigenvalue weighted by molar-refractivity contribution is 6.40. The van der Waals surface area contributed by atoms with Gasteiger partial charge in [-0.1, -0.05) is 23.4 Å². The summed E-state index contributed by atoms with van der Waals surface area (Å²) in [5.74, 6) is -0.300. The van der Waals surface area contributed by atoms with Crippen molar-refractivity contribution in [2.75, 3.05) is 0 Å². The highest BCUT2D eigenvalue weighted by Crippen LogP contribution is 1.97. The Kier molecular flexibility index (Phi) is 4.20. The van der Waals surface area contributed by atoms with Crippen LogP contribution in [0.25, 0.3) is 0 Å². The Morgan fingerprint density at radius 2 is 1.81 bits per heavy atom. The molecule has 16 heavy (non-hydrogen) atoms. The summed E-state index contributed by atoms with van der Waals surface area (Å²) in [4.78, 5) is 11.5. The molecule has 0 atom stereocenters. The second-order valence-corrected chi connectivity index (χ2v) is 3.19. The van der Waals surface area contributed by atoms with Crippen LogP contribution in [0.1, 0.15) is 24.2 Å². The SMILES string of the molecule is CC(=N\O)/C(C)=N/NC(=O)c1ccccc1. The van der Waals surface area contributed by atoms with Gasteiger partial charge in [-0.3, -0.25) is 4.79 Å². The molecule has 0 saturated carbocycles. The fourth-order valence-electron chi connectivity index (χ4n) is 0.942. The number of nitrogens with one attached hydrogen (secondary N) is 1. The fourth-order valence-corrected chi connectivity index (χ4v) is 0.942. The number of carbonyl (C=O) groups is 1. The van der Waals surface area contributed by atoms with E-state index in [4.69, 9.17) is 5.21 Å². The molecule has 0 spiro atoms. The zero-order valence-corrected chi connectivity index (χ0v) is 9.14. The largest absolute Gasteiger partial charge is 0.411 e. The number of nitrogens with zero attached hydrogens (tertiary/aromatic N) is 2. The highest BCUT2D eigenvalue weighted by Gasteiger charge is 2.03. The second-order valence-electron chi connectivity index (χ2n) is 3.19. The van der Waals surface area contributed by atoms with Gasteiger partial charge in [0.05, 0.1) is 11.4 Å². The maximum Gasteiger partial charge on any atom is 0.271 e. The Bertz CT molecular complexity index is 424. The van der Waals surface area contributed by atoms with Gasteiger partial charge in [-0.2, -0.15) is 5.10 Å². The number of hydrogen-bond donors (Lipinski definition) is 2. The van der Waals surface area contributed by atoms with Gasteiger partial charge < -0.3 is 5.21 Å². The summed E-state index contributed by atoms with van der Waals surface area (Å²) in [7, 11) is 0. The first-order valence-electron chi connectivity index (χ1n) is 4.74. The average Bonchev–Trinajstić information content (AvgIpc) is 2.35. The lowest BCUT2D eigenvalue weighted by Crippen LogP contribution is -2.21. The quantitative estimate of drug-likeness (QED) is 0.460. The van der Waals surface area contributed by atoms with Crippen LogP contribution in [0.15, 0.2) is 40.6 Å². The van der Waals surface area contributed by atoms with Gasteiger partial charge >= 0.3 is 0 Å². The number of amides is 1. The maximum absolute atomic E-state index is 11.5. The molecule has 0 heterocycles. The summed E-state index contributed by atoms with van der Waals surface area (Å²) in [5, 5.41) is 15.3. The summed E-state index contributed by atoms with van der Waals surface area (Å²) >= 11 is 0. The minimum Gasteiger partial charge on any atom is -0.411 e. The number of benzene rings is 1. The molecular weight excluding hydrogens is 206 g/mol. The van der Waals surface area contributed by atoms with Crippen LogP contribution in [0, 0.1) is 0 Å². The molecule has 0 fully saturated rings. The Morgan fingerprint density at radius 3 is 2.38 bits per heavy atom. The number of carbonyl (C=O) groups excluding carboxylic acids is 1. The lowest BCUT2D eigenvalue weighted by Gasteiger charge is -2.01. The third-order valence-corrected chi connectivity index (χ3v) is 2.03. The van der Waals surface area contributed by atoms with Crippen LogP contribution in [0.5, 0.6) is 0 Å². The molecule has 1 rings (SSSR count). The van der Waals surface area contributed by atoms with E-state index in [0.717, 1.165) is 0 Å². The first-order valence-corrected chi connectivity index (χ1v) is 4.74. The van der Waals surface area contributed by atoms with Crippen molar-refractivity contribution in [3.8, 4) is 0 Å². The monoisotopic (exact) mass is 219 g/mol. The normalized spacial score (nSPS) is 12.4. The molecule has 1 aromatic carbocycles. The number of rotatable bonds is 3. The third-order valence-electron chi connectivity index (χ3n) is 2.03. The van der Waals surface area contributed by atoms with Crippen molar-refractivity contribution in [2.45, 2.75) is 13.8 Å². The molecule has 2 N–H and O–H groups in total. The van der Waals surface area contributed by atoms with Crippen LogP contribution in [0.4, 0.5) is 0 Å². The van der Waals surface area contributed by atoms with Crippen LogP contribution in [0.3, 0.4) is 0 Å². The second kappa shape index (κ2) is 5.65. The van der Waals surface area contributed by atoms with E-state index in [1.54, 1.807) is 38.1 Å². The van der Waals surface area contributed by atoms with Crippen LogP contribution in [0.2, 0.25) is 0 Å². The van der Waals surface area contributed by atoms with Crippen molar-refractivity contribution in [1.82, 2.24) is 5.43 Å². The molecule has 0 aromatic heterocycles. The topological polar surface area (TPSA) is 74.1 Å². The summed E-state index contributed by atoms with van der Waals surface area (Å²) in [6, 6.07) is 8.74. The third kappa shape index (κ3) is 3.20. The molecule has 0 radical (unpaired) electrons. The first kappa shape index (κ1) is 11.9. The van der Waals surface area contributed by atoms with Gasteiger partial charge in [0.25, 0.3) is 5.91 Å². The molecule has 0 saturated heterocycles. The lowest BCUT2D eigenvalue weighted by atomic mass is 10.2. The van der Waals surface area contributed by atoms with Gasteiger partial charge in [-0.25, -0.2) is 5.43 Å². The van der Waals surface area contributed by atoms with Gasteiger partial charge in [0, 0.05) is 5.56 Å². The van der Waals surface area contributed by atoms with Gasteiger partial charge in [-0.05, 0) is 26.0 Å². The van der Waals surface area contributed by atoms with Crippen molar-refractivity contribution in [3.05, 3.63) is 35.9 Å². The van der Waals surface area contributed by atoms with Gasteiger partial charge in [0.15, 0.2) is 0 Å². The highest BCUT2D eigenvalue weighted by atomic mass is 16.4. The molecule has 0 bridgehead atoms. The van der Waals surface area contributed by atoms with Crippen LogP contribution in [-0.4, -0.2) is 22.5 Å². The molecular formula is C11H13N3O2. The van der Waals surface area contributed by atoms with Gasteiger partial charge in [0.1, 0.15) is 0 Å². The summed E-state index contributed by atoms with van der Waals surface area (Å²) in [6.45, 7) is 3.23. The first-order chi connectivity index (χ1) is 7.65. The Hall–Kier alpha value is -2.17. The van der Waals surface area contributed by atoms with E-state index in [-0.39, 0.29) is 5.91 Å². The summed E-state index contributed by atoms with van der Waals surface area (Å²) in [6.07, 6.45) is 0. The summed E-state index contributed by atoms with van der Waals surface area (Å²) in [5.41, 5.74) is 3.70. The van der Waals surface area contributed by atoms with E-state index in [0.29, 0.717) is 17.0 Å². The van der Waals surface area contributed by atoms with E-state index in [2.05, 4.69) is 15.7 Å². The van der Waals surface area contributed by atoms with Crippen molar-refractivity contribution in [3.63, 3.8) is 0 Å². The standard InChI is InChI=1S/C11H13N3O2/c1-8(9(2)14-16)12-13-11(15)10-6-4-3-5-7-10/h3-7,16H,1-2H3,(H,13,15)/b12-8+,14-9+. The molecule has 5 heteroatoms. The lowest BCUT2D eigenvalue weighted by molar-refractivity contribution is 0.0955. The molecule has 0 aliphatic rings. The van der Waals surface area contributed by atoms with Crippen LogP contribution < -0.4 is 5.43 Å². The molecule has 0 aliphatic carbocycles. The molecule has 5 nitrogen and oxygen atoms in total. The Morgan fingerprint density at radius 1 is 1.19 bits per heavy atom. The van der Waals surface area contributed by atoms with Gasteiger partial charge in [0.2, 0.25) is 0 Å². The maximum atomic E-state index is 11.5. The van der Waals surface area contributed by atoms with Gasteiger partial charge in [-0.15, -0.1) is 0 Å². The van der Waals surface area contributed by atoms with Crippen molar-refractivity contribution >= 4 is 17.3 Å². The van der Waals surface area contributed by atoms with Crippen LogP contribution in [-0.2, 0) is 0 Å². The van der Waals surface area contributed by atoms with Crippen LogP contribution >= 0.6 is 0 Å². The fraction of sp³-hybridized carbons (Fsp3) is 0.182. The number of hydrazone groups is 1. The molecule has 0 aliphatic heterocycles. The minimum atomic E-state index is -0.300. The predicted octanol–water partition coefficient (Wildman–Crippen LogP) is 1.64. The van der Waals surface area contributed by atoms with E-state index >= 15 is 0 Å². The molecule has 1 amide bonds. The van der Waals surface area contributed by atoms with E-state index in [1.165, 1.54) is 0 Å². The number of hydrogen-bond acceptors (Lipinski definition) is 4. The zero-order chi connectivity index (χ0) is 12.0. The van der Waals surface area contributed by atoms with E-state index in [9.17, 15) is 4.79 Å². The predicted molar refractivity (Wildman–Crippen MR) is 61.9 cm³/mol. The van der Waals surface area contributed by atoms with Crippen molar-refractivity contribution in [1.29, 1.82) is 0 Å². The molecule has 0 unspecified atom stereocenters. The Labute approximate surface area is 93.5 Å². The van der Waals surface area contributed by atoms with Crippen molar-refractivity contribution < 1.29 is 10.0 Å². The van der Waals surface area contributed by atoms with E-state index in [1.807, 2.05) is 6.07 Å². The smallest absolute Gasteiger partial charge is 0.271 e. The average molecular weight is 219 g/mol. The number of oxime groups is 1. The minimum absolute atomic E-state index is 0.300. The van der Waals surface area contributed by atoms with Crippen molar-refractivity contribution in [2.24, 2.45) is 10.3 Å².